The quantitative estimate of drug-likeness (QED) is 0.0447. The molecule has 4 rings (SSSR count). The summed E-state index contributed by atoms with van der Waals surface area (Å²) in [5.41, 5.74) is 4.58. The van der Waals surface area contributed by atoms with Gasteiger partial charge in [0.25, 0.3) is 5.91 Å². The highest BCUT2D eigenvalue weighted by Gasteiger charge is 2.47. The zero-order valence-corrected chi connectivity index (χ0v) is 86.5. The fourth-order valence-corrected chi connectivity index (χ4v) is 17.2. The molecule has 0 spiro atoms. The molecule has 14 amide bonds. The fourth-order valence-electron chi connectivity index (χ4n) is 17.2. The number of phenols is 1. The number of fused-ring (bicyclic) bond motifs is 2. The summed E-state index contributed by atoms with van der Waals surface area (Å²) in [6.07, 6.45) is 9.04. The second-order valence-corrected chi connectivity index (χ2v) is 41.1. The van der Waals surface area contributed by atoms with Gasteiger partial charge in [0, 0.05) is 75.1 Å². The van der Waals surface area contributed by atoms with Gasteiger partial charge in [-0.05, 0) is 166 Å². The normalized spacial score (nSPS) is 28.1. The highest BCUT2D eigenvalue weighted by atomic mass is 16.5. The second kappa shape index (κ2) is 55.4. The number of allylic oxidation sites excluding steroid dienone is 3. The van der Waals surface area contributed by atoms with Crippen molar-refractivity contribution in [2.75, 3.05) is 62.4 Å². The molecular weight excluding hydrogens is 1720 g/mol. The molecule has 134 heavy (non-hydrogen) atoms. The van der Waals surface area contributed by atoms with Crippen LogP contribution in [0.3, 0.4) is 0 Å². The van der Waals surface area contributed by atoms with Crippen LogP contribution in [0, 0.1) is 71.0 Å². The molecule has 10 N–H and O–H groups in total. The minimum absolute atomic E-state index is 0.0241. The van der Waals surface area contributed by atoms with Crippen molar-refractivity contribution in [3.63, 3.8) is 0 Å². The molecule has 0 saturated carbocycles. The van der Waals surface area contributed by atoms with Crippen LogP contribution in [0.15, 0.2) is 60.2 Å². The average molecular weight is 1890 g/mol. The number of phenolic OH excluding ortho intramolecular Hbond substituents is 1. The number of likely N-dealkylation sites (N-methyl/N-ethyl adjacent to an activating group) is 7. The third-order valence-corrected chi connectivity index (χ3v) is 25.4. The summed E-state index contributed by atoms with van der Waals surface area (Å²) in [5, 5.41) is 51.1. The summed E-state index contributed by atoms with van der Waals surface area (Å²) in [5.74, 6) is -11.8. The number of amides is 14. The van der Waals surface area contributed by atoms with Crippen molar-refractivity contribution >= 4 is 88.7 Å². The predicted octanol–water partition coefficient (Wildman–Crippen LogP) is 7.46. The zero-order chi connectivity index (χ0) is 102. The molecule has 3 aliphatic rings. The van der Waals surface area contributed by atoms with Gasteiger partial charge in [-0.1, -0.05) is 195 Å². The van der Waals surface area contributed by atoms with Gasteiger partial charge in [0.15, 0.2) is 0 Å². The molecule has 0 aliphatic carbocycles. The first-order valence-electron chi connectivity index (χ1n) is 48.3. The van der Waals surface area contributed by atoms with Gasteiger partial charge in [-0.15, -0.1) is 0 Å². The van der Waals surface area contributed by atoms with E-state index in [1.165, 1.54) is 105 Å². The largest absolute Gasteiger partial charge is 0.508 e. The van der Waals surface area contributed by atoms with E-state index in [2.05, 4.69) is 57.3 Å². The standard InChI is InChI=1S/C62H113N11O12.C38H56N4O7/c1-26-43-58(81)67(19)32-48(74)68(20)44(28-34(4)5)55(78)66-49(38(12)13)61(84)69(21)45(29-35(6)7)54(77)63-41(17)53(76)64-42(18)57(80)70(22)46(30-36(8)9)59(82)71(23)47(31-37(10)11)60(83)72(24)50(39(14)15)62(85)73(25)51(56(79)65-43)52(75)40(16)27-33(2)3;1-23(2)19-26(6)33-17-10-8-9-16-32(44)27(7)25(5)20-34(45)40-35(24(3)4)36(46)39-31(22-28-13-11-14-29(43)21-28)37(47)42-18-12-15-30(41-42)38(48)49-33/h33-47,49-52,75H,26-32H2,1-25H3,(H,63,77)(H,64,76)(H,65,79)(H,66,78);8-11,13-14,16,19,21,23-25,27,30-33,35,41,43-44H,12,15,17-18,20,22H2,1-7H3,(H,39,46)(H,40,45)/b;10-8+,16-9+,26-19+/t40-,41+,42-,43+,44+,45+,46+,47+,49+,50+,51+,52-;25-,27?,30-,31-,32+,33-,35-/m10/s1. The highest BCUT2D eigenvalue weighted by Crippen LogP contribution is 2.29. The number of carbonyl (C=O) groups is 15. The summed E-state index contributed by atoms with van der Waals surface area (Å²) in [7, 11) is 9.95. The SMILES string of the molecule is C/C(=C\C(C)C)[C@@H]1C/C=C/C=C/[C@@H](O)C(C)[C@@H](C)CC(=O)N[C@@H](C(C)C)C(=O)N[C@@H](Cc2cccc(O)c2)C(=O)N2CCC[C@H](N2)C(=O)O1.CC[C@@H]1NC(=O)[C@H]([C@H](O)[C@H](C)CC(C)C)N(C)C(=O)[C@H](C(C)C)N(C)C(=O)[C@H](CC(C)C)N(C)C(=O)[C@H](CC(C)C)N(C)C(=O)[C@@H](C)NC(=O)[C@H](C)NC(=O)[C@H](CC(C)C)N(C)C(=O)[C@H](C(C)C)NC(=O)[C@H](CC(C)C)N(C)C(=O)CN(C)C1=O. The van der Waals surface area contributed by atoms with Crippen molar-refractivity contribution in [3.8, 4) is 5.75 Å². The van der Waals surface area contributed by atoms with Crippen molar-refractivity contribution in [2.24, 2.45) is 71.0 Å². The molecule has 758 valence electrons. The first kappa shape index (κ1) is 118. The average Bonchev–Trinajstić information content (AvgIpc) is 0.812. The Morgan fingerprint density at radius 2 is 1.02 bits per heavy atom. The van der Waals surface area contributed by atoms with Crippen molar-refractivity contribution in [1.29, 1.82) is 0 Å². The predicted molar refractivity (Wildman–Crippen MR) is 517 cm³/mol. The summed E-state index contributed by atoms with van der Waals surface area (Å²) in [4.78, 5) is 223. The van der Waals surface area contributed by atoms with Crippen LogP contribution >= 0.6 is 0 Å². The molecule has 2 bridgehead atoms. The van der Waals surface area contributed by atoms with Gasteiger partial charge in [-0.25, -0.2) is 5.43 Å². The number of aliphatic hydroxyl groups excluding tert-OH is 2. The maximum Gasteiger partial charge on any atom is 0.325 e. The van der Waals surface area contributed by atoms with Gasteiger partial charge in [0.2, 0.25) is 76.8 Å². The maximum atomic E-state index is 15.2. The van der Waals surface area contributed by atoms with Gasteiger partial charge >= 0.3 is 5.97 Å². The molecule has 3 aliphatic heterocycles. The number of cyclic esters (lactones) is 1. The van der Waals surface area contributed by atoms with Gasteiger partial charge in [0.1, 0.15) is 90.4 Å². The summed E-state index contributed by atoms with van der Waals surface area (Å²) < 4.78 is 6.03. The Balaban J connectivity index is 0.000000794. The highest BCUT2D eigenvalue weighted by molar-refractivity contribution is 6.00. The number of aliphatic hydroxyl groups is 2. The topological polar surface area (TPSA) is 436 Å². The summed E-state index contributed by atoms with van der Waals surface area (Å²) in [6, 6.07) is -8.60. The lowest BCUT2D eigenvalue weighted by molar-refractivity contribution is -0.157. The molecule has 3 heterocycles. The van der Waals surface area contributed by atoms with Crippen molar-refractivity contribution in [2.45, 2.75) is 341 Å². The molecule has 0 aromatic heterocycles. The van der Waals surface area contributed by atoms with Crippen LogP contribution in [0.2, 0.25) is 0 Å². The van der Waals surface area contributed by atoms with E-state index < -0.39 is 204 Å². The van der Waals surface area contributed by atoms with E-state index in [1.807, 2.05) is 110 Å². The van der Waals surface area contributed by atoms with Crippen LogP contribution in [-0.2, 0) is 83.1 Å². The van der Waals surface area contributed by atoms with Crippen LogP contribution in [-0.4, -0.2) is 303 Å². The Morgan fingerprint density at radius 3 is 1.54 bits per heavy atom. The van der Waals surface area contributed by atoms with E-state index >= 15 is 9.59 Å². The lowest BCUT2D eigenvalue weighted by Crippen LogP contribution is -2.63. The number of hydrazine groups is 1. The minimum Gasteiger partial charge on any atom is -0.508 e. The summed E-state index contributed by atoms with van der Waals surface area (Å²) >= 11 is 0. The second-order valence-electron chi connectivity index (χ2n) is 41.1. The van der Waals surface area contributed by atoms with Gasteiger partial charge in [-0.3, -0.25) is 76.9 Å². The zero-order valence-electron chi connectivity index (χ0n) is 86.5. The Labute approximate surface area is 798 Å². The van der Waals surface area contributed by atoms with E-state index in [1.54, 1.807) is 71.9 Å². The lowest BCUT2D eigenvalue weighted by atomic mass is 9.87. The molecule has 34 nitrogen and oxygen atoms in total. The molecule has 2 saturated heterocycles. The van der Waals surface area contributed by atoms with Gasteiger partial charge in [0.05, 0.1) is 18.8 Å². The maximum absolute atomic E-state index is 15.2. The lowest BCUT2D eigenvalue weighted by Gasteiger charge is -2.41. The number of ether oxygens (including phenoxy) is 1. The van der Waals surface area contributed by atoms with Crippen LogP contribution < -0.4 is 37.3 Å². The van der Waals surface area contributed by atoms with Crippen LogP contribution in [0.25, 0.3) is 0 Å². The molecule has 1 aromatic carbocycles. The van der Waals surface area contributed by atoms with E-state index in [0.29, 0.717) is 37.8 Å². The molecule has 1 aromatic rings. The molecule has 0 radical (unpaired) electrons. The number of aromatic hydroxyl groups is 1. The third-order valence-electron chi connectivity index (χ3n) is 25.4. The van der Waals surface area contributed by atoms with E-state index in [0.717, 1.165) is 15.4 Å². The number of hydrogen-bond acceptors (Lipinski definition) is 20. The first-order chi connectivity index (χ1) is 62.2. The Morgan fingerprint density at radius 1 is 0.515 bits per heavy atom. The first-order valence-corrected chi connectivity index (χ1v) is 48.3. The van der Waals surface area contributed by atoms with E-state index in [-0.39, 0.29) is 110 Å². The van der Waals surface area contributed by atoms with Crippen LogP contribution in [0.4, 0.5) is 0 Å². The molecular formula is C100H169N15O19. The number of carbonyl (C=O) groups excluding carboxylic acids is 15. The van der Waals surface area contributed by atoms with E-state index in [4.69, 9.17) is 4.74 Å². The van der Waals surface area contributed by atoms with Gasteiger partial charge in [-0.2, -0.15) is 0 Å². The minimum atomic E-state index is -1.59. The number of nitrogens with zero attached hydrogens (tertiary/aromatic N) is 8. The summed E-state index contributed by atoms with van der Waals surface area (Å²) in [6.45, 7) is 45.2. The fraction of sp³-hybridized carbons (Fsp3) is 0.730. The monoisotopic (exact) mass is 1880 g/mol. The van der Waals surface area contributed by atoms with Crippen molar-refractivity contribution in [3.05, 3.63) is 65.8 Å². The third kappa shape index (κ3) is 35.7. The Kier molecular flexibility index (Phi) is 48.9. The van der Waals surface area contributed by atoms with Crippen LogP contribution in [0.5, 0.6) is 5.75 Å². The molecule has 19 atom stereocenters. The molecule has 34 heteroatoms. The van der Waals surface area contributed by atoms with E-state index in [9.17, 15) is 77.6 Å². The Bertz CT molecular complexity index is 4180. The number of hydrogen-bond donors (Lipinski definition) is 10. The van der Waals surface area contributed by atoms with Crippen LogP contribution in [0.1, 0.15) is 243 Å². The molecule has 1 unspecified atom stereocenters. The van der Waals surface area contributed by atoms with Gasteiger partial charge < -0.3 is 86.3 Å². The number of nitrogens with one attached hydrogen (secondary N) is 7. The van der Waals surface area contributed by atoms with Crippen molar-refractivity contribution in [1.82, 2.24) is 76.6 Å². The number of rotatable bonds is 20. The Hall–Kier alpha value is -9.83. The number of esters is 1. The molecule has 2 fully saturated rings. The van der Waals surface area contributed by atoms with Crippen molar-refractivity contribution < 1.29 is 92.0 Å². The smallest absolute Gasteiger partial charge is 0.325 e. The number of benzene rings is 1.